The van der Waals surface area contributed by atoms with E-state index in [1.54, 1.807) is 24.3 Å². The summed E-state index contributed by atoms with van der Waals surface area (Å²) < 4.78 is 0. The molecule has 20 heavy (non-hydrogen) atoms. The molecule has 0 heterocycles. The molecule has 102 valence electrons. The zero-order valence-corrected chi connectivity index (χ0v) is 10.8. The molecular formula is C13H9ClN2O4. The standard InChI is InChI=1S/C13H9ClN2O4/c14-8-2-1-3-9(6-8)15-12-5-4-10(16(19)20)7-11(12)13(17)18/h1-7,15H,(H,17,18). The molecule has 0 saturated heterocycles. The Morgan fingerprint density at radius 1 is 1.25 bits per heavy atom. The van der Waals surface area contributed by atoms with E-state index >= 15 is 0 Å². The Morgan fingerprint density at radius 2 is 2.00 bits per heavy atom. The number of hydrogen-bond donors (Lipinski definition) is 2. The minimum absolute atomic E-state index is 0.181. The van der Waals surface area contributed by atoms with Gasteiger partial charge in [0, 0.05) is 22.8 Å². The van der Waals surface area contributed by atoms with Crippen LogP contribution in [-0.4, -0.2) is 16.0 Å². The van der Waals surface area contributed by atoms with Gasteiger partial charge in [0.1, 0.15) is 0 Å². The summed E-state index contributed by atoms with van der Waals surface area (Å²) in [5.74, 6) is -1.25. The lowest BCUT2D eigenvalue weighted by Crippen LogP contribution is -2.04. The maximum absolute atomic E-state index is 11.2. The molecule has 0 unspecified atom stereocenters. The van der Waals surface area contributed by atoms with Crippen LogP contribution in [0.25, 0.3) is 0 Å². The maximum Gasteiger partial charge on any atom is 0.338 e. The van der Waals surface area contributed by atoms with Crippen LogP contribution >= 0.6 is 11.6 Å². The number of carboxylic acid groups (broad SMARTS) is 1. The van der Waals surface area contributed by atoms with E-state index in [1.807, 2.05) is 0 Å². The average molecular weight is 293 g/mol. The number of benzene rings is 2. The number of non-ortho nitro benzene ring substituents is 1. The van der Waals surface area contributed by atoms with Gasteiger partial charge in [0.2, 0.25) is 0 Å². The van der Waals surface area contributed by atoms with E-state index in [9.17, 15) is 14.9 Å². The fourth-order valence-corrected chi connectivity index (χ4v) is 1.84. The Labute approximate surface area is 118 Å². The van der Waals surface area contributed by atoms with Crippen molar-refractivity contribution in [2.24, 2.45) is 0 Å². The second kappa shape index (κ2) is 5.58. The number of nitrogens with one attached hydrogen (secondary N) is 1. The first kappa shape index (κ1) is 13.8. The normalized spacial score (nSPS) is 10.1. The Bertz CT molecular complexity index is 688. The van der Waals surface area contributed by atoms with Crippen molar-refractivity contribution in [3.8, 4) is 0 Å². The molecule has 0 aromatic heterocycles. The van der Waals surface area contributed by atoms with Crippen LogP contribution < -0.4 is 5.32 Å². The van der Waals surface area contributed by atoms with Crippen LogP contribution in [0.5, 0.6) is 0 Å². The summed E-state index contributed by atoms with van der Waals surface area (Å²) in [6, 6.07) is 10.3. The van der Waals surface area contributed by atoms with Gasteiger partial charge in [-0.25, -0.2) is 4.79 Å². The van der Waals surface area contributed by atoms with Gasteiger partial charge >= 0.3 is 5.97 Å². The van der Waals surface area contributed by atoms with Crippen LogP contribution in [0.1, 0.15) is 10.4 Å². The molecule has 2 aromatic carbocycles. The summed E-state index contributed by atoms with van der Waals surface area (Å²) in [4.78, 5) is 21.2. The van der Waals surface area contributed by atoms with Crippen LogP contribution in [0.3, 0.4) is 0 Å². The summed E-state index contributed by atoms with van der Waals surface area (Å²) in [6.07, 6.45) is 0. The summed E-state index contributed by atoms with van der Waals surface area (Å²) >= 11 is 5.83. The van der Waals surface area contributed by atoms with Crippen LogP contribution in [-0.2, 0) is 0 Å². The molecule has 2 rings (SSSR count). The number of aromatic carboxylic acids is 1. The number of carbonyl (C=O) groups is 1. The van der Waals surface area contributed by atoms with Gasteiger partial charge in [-0.2, -0.15) is 0 Å². The van der Waals surface area contributed by atoms with Gasteiger partial charge in [-0.1, -0.05) is 17.7 Å². The van der Waals surface area contributed by atoms with Gasteiger partial charge in [0.15, 0.2) is 0 Å². The molecule has 0 spiro atoms. The topological polar surface area (TPSA) is 92.5 Å². The van der Waals surface area contributed by atoms with E-state index in [-0.39, 0.29) is 16.9 Å². The van der Waals surface area contributed by atoms with E-state index in [4.69, 9.17) is 16.7 Å². The number of hydrogen-bond acceptors (Lipinski definition) is 4. The van der Waals surface area contributed by atoms with Gasteiger partial charge in [-0.05, 0) is 24.3 Å². The molecule has 0 aliphatic carbocycles. The van der Waals surface area contributed by atoms with Crippen LogP contribution in [0.15, 0.2) is 42.5 Å². The third-order valence-corrected chi connectivity index (χ3v) is 2.78. The third-order valence-electron chi connectivity index (χ3n) is 2.55. The number of nitro groups is 1. The predicted molar refractivity (Wildman–Crippen MR) is 74.8 cm³/mol. The molecule has 0 amide bonds. The molecule has 2 N–H and O–H groups in total. The van der Waals surface area contributed by atoms with E-state index in [0.29, 0.717) is 10.7 Å². The van der Waals surface area contributed by atoms with Gasteiger partial charge in [0.05, 0.1) is 16.2 Å². The lowest BCUT2D eigenvalue weighted by atomic mass is 10.1. The summed E-state index contributed by atoms with van der Waals surface area (Å²) in [5, 5.41) is 23.1. The Hall–Kier alpha value is -2.60. The fourth-order valence-electron chi connectivity index (χ4n) is 1.65. The number of anilines is 2. The van der Waals surface area contributed by atoms with Gasteiger partial charge in [-0.15, -0.1) is 0 Å². The smallest absolute Gasteiger partial charge is 0.338 e. The quantitative estimate of drug-likeness (QED) is 0.662. The number of nitrogens with zero attached hydrogens (tertiary/aromatic N) is 1. The van der Waals surface area contributed by atoms with E-state index < -0.39 is 10.9 Å². The van der Waals surface area contributed by atoms with Crippen molar-refractivity contribution in [1.29, 1.82) is 0 Å². The molecule has 6 nitrogen and oxygen atoms in total. The minimum Gasteiger partial charge on any atom is -0.478 e. The fraction of sp³-hybridized carbons (Fsp3) is 0. The highest BCUT2D eigenvalue weighted by atomic mass is 35.5. The second-order valence-electron chi connectivity index (χ2n) is 3.93. The number of nitro benzene ring substituents is 1. The zero-order valence-electron chi connectivity index (χ0n) is 10.0. The third kappa shape index (κ3) is 3.04. The van der Waals surface area contributed by atoms with Crippen molar-refractivity contribution in [3.05, 3.63) is 63.2 Å². The molecule has 0 bridgehead atoms. The average Bonchev–Trinajstić information content (AvgIpc) is 2.38. The van der Waals surface area contributed by atoms with Crippen LogP contribution in [0, 0.1) is 10.1 Å². The highest BCUT2D eigenvalue weighted by molar-refractivity contribution is 6.30. The number of carboxylic acids is 1. The van der Waals surface area contributed by atoms with E-state index in [2.05, 4.69) is 5.32 Å². The van der Waals surface area contributed by atoms with Crippen LogP contribution in [0.2, 0.25) is 5.02 Å². The lowest BCUT2D eigenvalue weighted by molar-refractivity contribution is -0.384. The van der Waals surface area contributed by atoms with Gasteiger partial charge < -0.3 is 10.4 Å². The molecule has 7 heteroatoms. The van der Waals surface area contributed by atoms with Crippen molar-refractivity contribution < 1.29 is 14.8 Å². The van der Waals surface area contributed by atoms with Gasteiger partial charge in [-0.3, -0.25) is 10.1 Å². The van der Waals surface area contributed by atoms with E-state index in [0.717, 1.165) is 6.07 Å². The first-order valence-electron chi connectivity index (χ1n) is 5.51. The van der Waals surface area contributed by atoms with Crippen LogP contribution in [0.4, 0.5) is 17.1 Å². The molecule has 0 fully saturated rings. The Kier molecular flexibility index (Phi) is 3.86. The summed E-state index contributed by atoms with van der Waals surface area (Å²) in [7, 11) is 0. The second-order valence-corrected chi connectivity index (χ2v) is 4.36. The zero-order chi connectivity index (χ0) is 14.7. The molecule has 0 atom stereocenters. The first-order valence-corrected chi connectivity index (χ1v) is 5.89. The van der Waals surface area contributed by atoms with Crippen molar-refractivity contribution in [3.63, 3.8) is 0 Å². The highest BCUT2D eigenvalue weighted by Crippen LogP contribution is 2.26. The molecular weight excluding hydrogens is 284 g/mol. The Morgan fingerprint density at radius 3 is 2.60 bits per heavy atom. The Balaban J connectivity index is 2.41. The lowest BCUT2D eigenvalue weighted by Gasteiger charge is -2.09. The number of rotatable bonds is 4. The number of halogens is 1. The van der Waals surface area contributed by atoms with Gasteiger partial charge in [0.25, 0.3) is 5.69 Å². The first-order chi connectivity index (χ1) is 9.47. The largest absolute Gasteiger partial charge is 0.478 e. The van der Waals surface area contributed by atoms with Crippen molar-refractivity contribution in [1.82, 2.24) is 0 Å². The molecule has 0 aliphatic rings. The molecule has 0 radical (unpaired) electrons. The molecule has 2 aromatic rings. The summed E-state index contributed by atoms with van der Waals surface area (Å²) in [5.41, 5.74) is 0.387. The van der Waals surface area contributed by atoms with Crippen molar-refractivity contribution in [2.45, 2.75) is 0 Å². The predicted octanol–water partition coefficient (Wildman–Crippen LogP) is 3.69. The highest BCUT2D eigenvalue weighted by Gasteiger charge is 2.16. The molecule has 0 saturated carbocycles. The molecule has 0 aliphatic heterocycles. The summed E-state index contributed by atoms with van der Waals surface area (Å²) in [6.45, 7) is 0. The monoisotopic (exact) mass is 292 g/mol. The van der Waals surface area contributed by atoms with Crippen molar-refractivity contribution in [2.75, 3.05) is 5.32 Å². The van der Waals surface area contributed by atoms with Crippen molar-refractivity contribution >= 4 is 34.6 Å². The minimum atomic E-state index is -1.25. The maximum atomic E-state index is 11.2. The SMILES string of the molecule is O=C(O)c1cc([N+](=O)[O-])ccc1Nc1cccc(Cl)c1. The van der Waals surface area contributed by atoms with E-state index in [1.165, 1.54) is 12.1 Å².